The highest BCUT2D eigenvalue weighted by Gasteiger charge is 2.21. The predicted molar refractivity (Wildman–Crippen MR) is 73.4 cm³/mol. The molecular formula is C13H23N3S. The Labute approximate surface area is 108 Å². The van der Waals surface area contributed by atoms with Crippen LogP contribution < -0.4 is 5.32 Å². The van der Waals surface area contributed by atoms with Crippen LogP contribution in [0.4, 0.5) is 0 Å². The van der Waals surface area contributed by atoms with Gasteiger partial charge in [-0.05, 0) is 45.3 Å². The lowest BCUT2D eigenvalue weighted by molar-refractivity contribution is 0.168. The van der Waals surface area contributed by atoms with Crippen LogP contribution in [0.25, 0.3) is 0 Å². The molecule has 2 rings (SSSR count). The van der Waals surface area contributed by atoms with Gasteiger partial charge in [-0.1, -0.05) is 6.92 Å². The predicted octanol–water partition coefficient (Wildman–Crippen LogP) is 2.53. The van der Waals surface area contributed by atoms with Crippen molar-refractivity contribution in [2.45, 2.75) is 32.7 Å². The van der Waals surface area contributed by atoms with Crippen LogP contribution in [-0.2, 0) is 0 Å². The maximum atomic E-state index is 4.44. The summed E-state index contributed by atoms with van der Waals surface area (Å²) in [7, 11) is 0. The third-order valence-electron chi connectivity index (χ3n) is 3.71. The minimum Gasteiger partial charge on any atom is -0.317 e. The average molecular weight is 253 g/mol. The van der Waals surface area contributed by atoms with E-state index in [2.05, 4.69) is 34.4 Å². The Morgan fingerprint density at radius 1 is 1.53 bits per heavy atom. The summed E-state index contributed by atoms with van der Waals surface area (Å²) in [6.45, 7) is 9.25. The molecule has 0 aliphatic carbocycles. The molecule has 1 unspecified atom stereocenters. The van der Waals surface area contributed by atoms with Gasteiger partial charge in [0.25, 0.3) is 0 Å². The lowest BCUT2D eigenvalue weighted by atomic mass is 9.97. The summed E-state index contributed by atoms with van der Waals surface area (Å²) in [4.78, 5) is 7.01. The summed E-state index contributed by atoms with van der Waals surface area (Å²) in [6.07, 6.45) is 4.55. The van der Waals surface area contributed by atoms with Gasteiger partial charge in [-0.25, -0.2) is 4.98 Å². The molecule has 1 aromatic rings. The quantitative estimate of drug-likeness (QED) is 0.874. The highest BCUT2D eigenvalue weighted by atomic mass is 32.1. The van der Waals surface area contributed by atoms with Crippen LogP contribution in [0.5, 0.6) is 0 Å². The molecule has 2 heterocycles. The lowest BCUT2D eigenvalue weighted by Crippen LogP contribution is -2.37. The van der Waals surface area contributed by atoms with Gasteiger partial charge in [0.2, 0.25) is 0 Å². The first-order valence-corrected chi connectivity index (χ1v) is 7.53. The second-order valence-electron chi connectivity index (χ2n) is 4.83. The van der Waals surface area contributed by atoms with E-state index in [4.69, 9.17) is 0 Å². The number of hydrogen-bond donors (Lipinski definition) is 1. The van der Waals surface area contributed by atoms with E-state index in [1.807, 2.05) is 6.20 Å². The zero-order valence-electron chi connectivity index (χ0n) is 10.9. The van der Waals surface area contributed by atoms with Crippen LogP contribution in [0.2, 0.25) is 0 Å². The fourth-order valence-corrected chi connectivity index (χ4v) is 3.28. The van der Waals surface area contributed by atoms with Crippen LogP contribution in [-0.4, -0.2) is 36.1 Å². The Hall–Kier alpha value is -0.450. The van der Waals surface area contributed by atoms with E-state index < -0.39 is 0 Å². The minimum absolute atomic E-state index is 0.467. The number of aromatic nitrogens is 1. The molecule has 1 aromatic heterocycles. The molecular weight excluding hydrogens is 230 g/mol. The summed E-state index contributed by atoms with van der Waals surface area (Å²) >= 11 is 1.77. The zero-order valence-corrected chi connectivity index (χ0v) is 11.7. The SMILES string of the molecule is CCN(CC1CCNCC1)C(C)c1nccs1. The maximum absolute atomic E-state index is 4.44. The zero-order chi connectivity index (χ0) is 12.1. The van der Waals surface area contributed by atoms with Gasteiger partial charge in [0, 0.05) is 18.1 Å². The van der Waals surface area contributed by atoms with E-state index in [1.165, 1.54) is 37.5 Å². The van der Waals surface area contributed by atoms with Gasteiger partial charge in [-0.15, -0.1) is 11.3 Å². The Kier molecular flexibility index (Phi) is 4.95. The summed E-state index contributed by atoms with van der Waals surface area (Å²) in [5.41, 5.74) is 0. The van der Waals surface area contributed by atoms with Crippen molar-refractivity contribution < 1.29 is 0 Å². The molecule has 0 bridgehead atoms. The van der Waals surface area contributed by atoms with Gasteiger partial charge in [0.15, 0.2) is 0 Å². The first-order chi connectivity index (χ1) is 8.31. The van der Waals surface area contributed by atoms with E-state index in [-0.39, 0.29) is 0 Å². The highest BCUT2D eigenvalue weighted by Crippen LogP contribution is 2.24. The fraction of sp³-hybridized carbons (Fsp3) is 0.769. The monoisotopic (exact) mass is 253 g/mol. The fourth-order valence-electron chi connectivity index (χ4n) is 2.55. The molecule has 1 aliphatic heterocycles. The first-order valence-electron chi connectivity index (χ1n) is 6.65. The molecule has 0 radical (unpaired) electrons. The molecule has 1 atom stereocenters. The Bertz CT molecular complexity index is 306. The Morgan fingerprint density at radius 3 is 2.88 bits per heavy atom. The van der Waals surface area contributed by atoms with E-state index in [1.54, 1.807) is 11.3 Å². The highest BCUT2D eigenvalue weighted by molar-refractivity contribution is 7.09. The van der Waals surface area contributed by atoms with Crippen LogP contribution in [0.15, 0.2) is 11.6 Å². The maximum Gasteiger partial charge on any atom is 0.109 e. The van der Waals surface area contributed by atoms with Gasteiger partial charge in [-0.3, -0.25) is 4.90 Å². The third kappa shape index (κ3) is 3.50. The Balaban J connectivity index is 1.91. The molecule has 96 valence electrons. The molecule has 3 nitrogen and oxygen atoms in total. The molecule has 1 aliphatic rings. The standard InChI is InChI=1S/C13H23N3S/c1-3-16(10-12-4-6-14-7-5-12)11(2)13-15-8-9-17-13/h8-9,11-12,14H,3-7,10H2,1-2H3. The van der Waals surface area contributed by atoms with Crippen LogP contribution >= 0.6 is 11.3 Å². The van der Waals surface area contributed by atoms with Crippen molar-refractivity contribution >= 4 is 11.3 Å². The third-order valence-corrected chi connectivity index (χ3v) is 4.66. The normalized spacial score (nSPS) is 19.7. The molecule has 1 N–H and O–H groups in total. The number of thiazole rings is 1. The second-order valence-corrected chi connectivity index (χ2v) is 5.75. The molecule has 0 saturated carbocycles. The van der Waals surface area contributed by atoms with E-state index in [0.717, 1.165) is 12.5 Å². The van der Waals surface area contributed by atoms with Gasteiger partial charge in [-0.2, -0.15) is 0 Å². The number of nitrogens with one attached hydrogen (secondary N) is 1. The summed E-state index contributed by atoms with van der Waals surface area (Å²) in [5.74, 6) is 0.860. The average Bonchev–Trinajstić information content (AvgIpc) is 2.90. The van der Waals surface area contributed by atoms with Crippen molar-refractivity contribution in [3.63, 3.8) is 0 Å². The van der Waals surface area contributed by atoms with Crippen LogP contribution in [0.3, 0.4) is 0 Å². The topological polar surface area (TPSA) is 28.2 Å². The number of rotatable bonds is 5. The second kappa shape index (κ2) is 6.47. The Morgan fingerprint density at radius 2 is 2.29 bits per heavy atom. The van der Waals surface area contributed by atoms with Crippen molar-refractivity contribution in [3.8, 4) is 0 Å². The van der Waals surface area contributed by atoms with Crippen molar-refractivity contribution in [3.05, 3.63) is 16.6 Å². The van der Waals surface area contributed by atoms with E-state index >= 15 is 0 Å². The van der Waals surface area contributed by atoms with Gasteiger partial charge < -0.3 is 5.32 Å². The largest absolute Gasteiger partial charge is 0.317 e. The molecule has 17 heavy (non-hydrogen) atoms. The number of nitrogens with zero attached hydrogens (tertiary/aromatic N) is 2. The molecule has 0 amide bonds. The van der Waals surface area contributed by atoms with Gasteiger partial charge >= 0.3 is 0 Å². The lowest BCUT2D eigenvalue weighted by Gasteiger charge is -2.32. The number of hydrogen-bond acceptors (Lipinski definition) is 4. The molecule has 0 spiro atoms. The smallest absolute Gasteiger partial charge is 0.109 e. The molecule has 1 saturated heterocycles. The van der Waals surface area contributed by atoms with Crippen molar-refractivity contribution in [2.75, 3.05) is 26.2 Å². The number of piperidine rings is 1. The first kappa shape index (κ1) is 13.0. The summed E-state index contributed by atoms with van der Waals surface area (Å²) in [6, 6.07) is 0.467. The van der Waals surface area contributed by atoms with Crippen molar-refractivity contribution in [1.29, 1.82) is 0 Å². The van der Waals surface area contributed by atoms with Crippen LogP contribution in [0, 0.1) is 5.92 Å². The molecule has 0 aromatic carbocycles. The molecule has 4 heteroatoms. The summed E-state index contributed by atoms with van der Waals surface area (Å²) < 4.78 is 0. The molecule has 1 fully saturated rings. The van der Waals surface area contributed by atoms with Crippen molar-refractivity contribution in [2.24, 2.45) is 5.92 Å². The van der Waals surface area contributed by atoms with Gasteiger partial charge in [0.05, 0.1) is 6.04 Å². The van der Waals surface area contributed by atoms with E-state index in [9.17, 15) is 0 Å². The van der Waals surface area contributed by atoms with Gasteiger partial charge in [0.1, 0.15) is 5.01 Å². The summed E-state index contributed by atoms with van der Waals surface area (Å²) in [5, 5.41) is 6.76. The minimum atomic E-state index is 0.467. The van der Waals surface area contributed by atoms with Crippen molar-refractivity contribution in [1.82, 2.24) is 15.2 Å². The van der Waals surface area contributed by atoms with Crippen LogP contribution in [0.1, 0.15) is 37.7 Å². The van der Waals surface area contributed by atoms with E-state index in [0.29, 0.717) is 6.04 Å².